The fourth-order valence-corrected chi connectivity index (χ4v) is 8.13. The Bertz CT molecular complexity index is 3750. The molecule has 0 saturated heterocycles. The van der Waals surface area contributed by atoms with Gasteiger partial charge in [-0.15, -0.1) is 0 Å². The molecule has 0 aliphatic rings. The van der Waals surface area contributed by atoms with Crippen LogP contribution in [0.15, 0.2) is 191 Å². The van der Waals surface area contributed by atoms with Gasteiger partial charge in [0.15, 0.2) is 17.5 Å². The average Bonchev–Trinajstić information content (AvgIpc) is 3.99. The van der Waals surface area contributed by atoms with Crippen LogP contribution in [0.4, 0.5) is 0 Å². The van der Waals surface area contributed by atoms with Gasteiger partial charge in [-0.1, -0.05) is 127 Å². The van der Waals surface area contributed by atoms with Crippen LogP contribution in [-0.2, 0) is 0 Å². The van der Waals surface area contributed by atoms with Crippen LogP contribution in [-0.4, -0.2) is 19.5 Å². The molecule has 0 aliphatic heterocycles. The van der Waals surface area contributed by atoms with E-state index in [4.69, 9.17) is 30.6 Å². The molecule has 0 N–H and O–H groups in total. The lowest BCUT2D eigenvalue weighted by Gasteiger charge is -2.12. The second kappa shape index (κ2) is 12.3. The van der Waals surface area contributed by atoms with Crippen LogP contribution in [0.25, 0.3) is 117 Å². The minimum absolute atomic E-state index is 0.0791. The first kappa shape index (κ1) is 26.9. The van der Waals surface area contributed by atoms with E-state index in [0.717, 1.165) is 65.7 Å². The van der Waals surface area contributed by atoms with E-state index < -0.39 is 30.2 Å². The summed E-state index contributed by atoms with van der Waals surface area (Å²) < 4.78 is 58.6. The molecule has 0 bridgehead atoms. The van der Waals surface area contributed by atoms with Gasteiger partial charge in [-0.05, 0) is 65.7 Å². The van der Waals surface area contributed by atoms with Gasteiger partial charge in [0.1, 0.15) is 22.3 Å². The summed E-state index contributed by atoms with van der Waals surface area (Å²) in [7, 11) is 0. The third-order valence-electron chi connectivity index (χ3n) is 10.7. The number of hydrogen-bond donors (Lipinski definition) is 0. The Morgan fingerprint density at radius 3 is 1.82 bits per heavy atom. The second-order valence-corrected chi connectivity index (χ2v) is 14.0. The Kier molecular flexibility index (Phi) is 5.82. The van der Waals surface area contributed by atoms with E-state index in [1.807, 2.05) is 103 Å². The van der Waals surface area contributed by atoms with E-state index in [0.29, 0.717) is 27.9 Å². The summed E-state index contributed by atoms with van der Waals surface area (Å²) >= 11 is 0. The molecule has 0 fully saturated rings. The zero-order chi connectivity index (χ0) is 41.8. The molecule has 6 nitrogen and oxygen atoms in total. The molecule has 266 valence electrons. The molecule has 0 amide bonds. The largest absolute Gasteiger partial charge is 0.456 e. The first-order valence-electron chi connectivity index (χ1n) is 21.1. The maximum atomic E-state index is 8.96. The third kappa shape index (κ3) is 5.01. The topological polar surface area (TPSA) is 69.9 Å². The van der Waals surface area contributed by atoms with Crippen molar-refractivity contribution in [3.05, 3.63) is 182 Å². The highest BCUT2D eigenvalue weighted by atomic mass is 16.3. The van der Waals surface area contributed by atoms with Crippen molar-refractivity contribution in [2.45, 2.75) is 0 Å². The molecule has 0 unspecified atom stereocenters. The summed E-state index contributed by atoms with van der Waals surface area (Å²) in [6.45, 7) is 0. The molecule has 4 aromatic heterocycles. The van der Waals surface area contributed by atoms with E-state index in [9.17, 15) is 0 Å². The molecule has 57 heavy (non-hydrogen) atoms. The second-order valence-electron chi connectivity index (χ2n) is 14.0. The highest BCUT2D eigenvalue weighted by molar-refractivity contribution is 6.13. The van der Waals surface area contributed by atoms with Crippen LogP contribution in [0.1, 0.15) is 6.85 Å². The van der Waals surface area contributed by atoms with Gasteiger partial charge in [-0.2, -0.15) is 0 Å². The lowest BCUT2D eigenvalue weighted by Crippen LogP contribution is -2.01. The molecule has 0 saturated carbocycles. The van der Waals surface area contributed by atoms with E-state index in [1.54, 1.807) is 0 Å². The van der Waals surface area contributed by atoms with Crippen LogP contribution in [0.2, 0.25) is 0 Å². The number of hydrogen-bond acceptors (Lipinski definition) is 5. The fraction of sp³-hybridized carbons (Fsp3) is 0. The Balaban J connectivity index is 1.19. The Morgan fingerprint density at radius 2 is 1.04 bits per heavy atom. The van der Waals surface area contributed by atoms with Crippen molar-refractivity contribution in [3.63, 3.8) is 0 Å². The van der Waals surface area contributed by atoms with Crippen molar-refractivity contribution >= 4 is 65.7 Å². The van der Waals surface area contributed by atoms with Gasteiger partial charge in [0.05, 0.1) is 23.5 Å². The van der Waals surface area contributed by atoms with Crippen molar-refractivity contribution in [2.24, 2.45) is 0 Å². The first-order valence-corrected chi connectivity index (χ1v) is 18.6. The maximum Gasteiger partial charge on any atom is 0.167 e. The molecule has 6 heteroatoms. The Labute approximate surface area is 332 Å². The maximum absolute atomic E-state index is 8.96. The lowest BCUT2D eigenvalue weighted by atomic mass is 10.0. The zero-order valence-corrected chi connectivity index (χ0v) is 30.0. The Hall–Kier alpha value is -7.83. The van der Waals surface area contributed by atoms with Crippen LogP contribution >= 0.6 is 0 Å². The molecule has 12 aromatic rings. The van der Waals surface area contributed by atoms with Gasteiger partial charge < -0.3 is 13.4 Å². The molecule has 0 radical (unpaired) electrons. The molecular formula is C51H30N4O2. The lowest BCUT2D eigenvalue weighted by molar-refractivity contribution is 0.668. The molecule has 12 rings (SSSR count). The first-order chi connectivity index (χ1) is 30.3. The minimum atomic E-state index is -0.508. The predicted octanol–water partition coefficient (Wildman–Crippen LogP) is 13.4. The van der Waals surface area contributed by atoms with Gasteiger partial charge in [0.2, 0.25) is 0 Å². The third-order valence-corrected chi connectivity index (χ3v) is 10.7. The number of fused-ring (bicyclic) bond motifs is 9. The van der Waals surface area contributed by atoms with Gasteiger partial charge in [0.25, 0.3) is 0 Å². The van der Waals surface area contributed by atoms with Gasteiger partial charge in [0, 0.05) is 49.1 Å². The number of aromatic nitrogens is 4. The summed E-state index contributed by atoms with van der Waals surface area (Å²) in [4.78, 5) is 15.0. The van der Waals surface area contributed by atoms with Crippen molar-refractivity contribution in [3.8, 4) is 51.0 Å². The van der Waals surface area contributed by atoms with Crippen LogP contribution in [0, 0.1) is 0 Å². The molecule has 0 aliphatic carbocycles. The van der Waals surface area contributed by atoms with Crippen molar-refractivity contribution in [2.75, 3.05) is 0 Å². The van der Waals surface area contributed by atoms with Gasteiger partial charge in [-0.3, -0.25) is 0 Å². The van der Waals surface area contributed by atoms with E-state index in [-0.39, 0.29) is 23.0 Å². The summed E-state index contributed by atoms with van der Waals surface area (Å²) in [5.74, 6) is 0.332. The standard InChI is InChI=1S/C51H30N4O2/c1-3-13-31(14-4-1)33-24-26-46-40(27-33)41-29-35(55-43-20-10-7-17-36(43)37-18-8-11-21-44(37)55)30-42(48(41)57-46)51-53-49(32-15-5-2-6-16-32)52-50(54-51)34-23-25-39-38-19-9-12-22-45(38)56-47(39)28-34/h1-30H/i2D,5D,6D,15D,16D. The number of nitrogens with zero attached hydrogens (tertiary/aromatic N) is 4. The molecular weight excluding hydrogens is 701 g/mol. The smallest absolute Gasteiger partial charge is 0.167 e. The van der Waals surface area contributed by atoms with Gasteiger partial charge in [-0.25, -0.2) is 15.0 Å². The number of rotatable bonds is 5. The zero-order valence-electron chi connectivity index (χ0n) is 35.0. The highest BCUT2D eigenvalue weighted by Gasteiger charge is 2.22. The van der Waals surface area contributed by atoms with Crippen LogP contribution < -0.4 is 0 Å². The van der Waals surface area contributed by atoms with E-state index in [1.165, 1.54) is 0 Å². The van der Waals surface area contributed by atoms with Crippen molar-refractivity contribution in [1.29, 1.82) is 0 Å². The Morgan fingerprint density at radius 1 is 0.404 bits per heavy atom. The average molecular weight is 736 g/mol. The van der Waals surface area contributed by atoms with E-state index >= 15 is 0 Å². The molecule has 0 atom stereocenters. The number of para-hydroxylation sites is 3. The highest BCUT2D eigenvalue weighted by Crippen LogP contribution is 2.42. The summed E-state index contributed by atoms with van der Waals surface area (Å²) in [6, 6.07) is 48.2. The van der Waals surface area contributed by atoms with Crippen molar-refractivity contribution < 1.29 is 15.7 Å². The monoisotopic (exact) mass is 735 g/mol. The summed E-state index contributed by atoms with van der Waals surface area (Å²) in [5, 5.41) is 5.79. The quantitative estimate of drug-likeness (QED) is 0.176. The predicted molar refractivity (Wildman–Crippen MR) is 230 cm³/mol. The minimum Gasteiger partial charge on any atom is -0.456 e. The molecule has 8 aromatic carbocycles. The molecule has 0 spiro atoms. The van der Waals surface area contributed by atoms with Gasteiger partial charge >= 0.3 is 0 Å². The van der Waals surface area contributed by atoms with Crippen LogP contribution in [0.3, 0.4) is 0 Å². The number of benzene rings is 8. The summed E-state index contributed by atoms with van der Waals surface area (Å²) in [6.07, 6.45) is 0. The SMILES string of the molecule is [2H]c1c([2H])c([2H])c(-c2nc(-c3ccc4c(c3)oc3ccccc34)nc(-c3cc(-n4c5ccccc5c5ccccc54)cc4c3oc3ccc(-c5ccccc5)cc34)n2)c([2H])c1[2H]. The van der Waals surface area contributed by atoms with Crippen LogP contribution in [0.5, 0.6) is 0 Å². The fourth-order valence-electron chi connectivity index (χ4n) is 8.13. The van der Waals surface area contributed by atoms with Crippen molar-refractivity contribution in [1.82, 2.24) is 19.5 Å². The number of furan rings is 2. The summed E-state index contributed by atoms with van der Waals surface area (Å²) in [5.41, 5.74) is 8.44. The molecule has 4 heterocycles. The normalized spacial score (nSPS) is 13.1. The van der Waals surface area contributed by atoms with E-state index in [2.05, 4.69) is 53.1 Å².